The quantitative estimate of drug-likeness (QED) is 0.443. The predicted molar refractivity (Wildman–Crippen MR) is 49.8 cm³/mol. The van der Waals surface area contributed by atoms with Crippen molar-refractivity contribution in [3.63, 3.8) is 0 Å². The van der Waals surface area contributed by atoms with Crippen molar-refractivity contribution in [1.29, 1.82) is 0 Å². The number of fused-ring (bicyclic) bond motifs is 1. The van der Waals surface area contributed by atoms with Crippen molar-refractivity contribution in [2.24, 2.45) is 21.9 Å². The highest BCUT2D eigenvalue weighted by atomic mass is 16.4. The fourth-order valence-electron chi connectivity index (χ4n) is 3.51. The average Bonchev–Trinajstić information content (AvgIpc) is 2.12. The molecule has 0 saturated heterocycles. The first-order valence-corrected chi connectivity index (χ1v) is 4.81. The van der Waals surface area contributed by atoms with Crippen LogP contribution in [0.5, 0.6) is 0 Å². The van der Waals surface area contributed by atoms with Crippen molar-refractivity contribution >= 4 is 5.71 Å². The molecule has 74 valence electrons. The molecule has 3 heteroatoms. The van der Waals surface area contributed by atoms with Gasteiger partial charge in [0.2, 0.25) is 0 Å². The predicted octanol–water partition coefficient (Wildman–Crippen LogP) is 1.63. The number of aliphatic hydroxyl groups is 1. The van der Waals surface area contributed by atoms with E-state index in [4.69, 9.17) is 5.21 Å². The highest BCUT2D eigenvalue weighted by Crippen LogP contribution is 2.63. The highest BCUT2D eigenvalue weighted by Gasteiger charge is 2.63. The Hall–Kier alpha value is -0.570. The Kier molecular flexibility index (Phi) is 1.57. The molecule has 0 heterocycles. The van der Waals surface area contributed by atoms with Crippen molar-refractivity contribution in [2.45, 2.75) is 39.7 Å². The second kappa shape index (κ2) is 2.27. The van der Waals surface area contributed by atoms with Crippen LogP contribution in [0, 0.1) is 16.7 Å². The van der Waals surface area contributed by atoms with Gasteiger partial charge in [0.05, 0.1) is 11.8 Å². The minimum atomic E-state index is -0.209. The first kappa shape index (κ1) is 9.00. The summed E-state index contributed by atoms with van der Waals surface area (Å²) in [6.45, 7) is 6.28. The smallest absolute Gasteiger partial charge is 0.0636 e. The molecule has 0 bridgehead atoms. The van der Waals surface area contributed by atoms with Gasteiger partial charge in [-0.15, -0.1) is 0 Å². The summed E-state index contributed by atoms with van der Waals surface area (Å²) >= 11 is 0. The second-order valence-electron chi connectivity index (χ2n) is 5.35. The summed E-state index contributed by atoms with van der Waals surface area (Å²) in [5, 5.41) is 21.9. The topological polar surface area (TPSA) is 52.8 Å². The van der Waals surface area contributed by atoms with Crippen molar-refractivity contribution < 1.29 is 10.3 Å². The molecule has 13 heavy (non-hydrogen) atoms. The summed E-state index contributed by atoms with van der Waals surface area (Å²) in [5.74, 6) is 0.269. The molecule has 2 aliphatic carbocycles. The van der Waals surface area contributed by atoms with Gasteiger partial charge in [0.25, 0.3) is 0 Å². The fourth-order valence-corrected chi connectivity index (χ4v) is 3.51. The molecule has 0 radical (unpaired) electrons. The molecule has 2 aliphatic rings. The third-order valence-corrected chi connectivity index (χ3v) is 4.02. The Bertz CT molecular complexity index is 272. The summed E-state index contributed by atoms with van der Waals surface area (Å²) in [4.78, 5) is 0. The van der Waals surface area contributed by atoms with E-state index < -0.39 is 0 Å². The molecule has 2 N–H and O–H groups in total. The van der Waals surface area contributed by atoms with Gasteiger partial charge in [0.1, 0.15) is 0 Å². The summed E-state index contributed by atoms with van der Waals surface area (Å²) in [6.07, 6.45) is 1.47. The molecule has 3 atom stereocenters. The Morgan fingerprint density at radius 2 is 2.00 bits per heavy atom. The molecule has 2 saturated carbocycles. The summed E-state index contributed by atoms with van der Waals surface area (Å²) in [5.41, 5.74) is 0.877. The highest BCUT2D eigenvalue weighted by molar-refractivity contribution is 5.93. The lowest BCUT2D eigenvalue weighted by Crippen LogP contribution is -2.51. The van der Waals surface area contributed by atoms with Gasteiger partial charge in [-0.25, -0.2) is 0 Å². The van der Waals surface area contributed by atoms with E-state index in [2.05, 4.69) is 25.9 Å². The first-order valence-electron chi connectivity index (χ1n) is 4.81. The van der Waals surface area contributed by atoms with Crippen molar-refractivity contribution in [1.82, 2.24) is 0 Å². The minimum Gasteiger partial charge on any atom is -0.411 e. The fraction of sp³-hybridized carbons (Fsp3) is 0.900. The molecule has 2 rings (SSSR count). The molecular weight excluding hydrogens is 166 g/mol. The van der Waals surface area contributed by atoms with Gasteiger partial charge >= 0.3 is 0 Å². The zero-order valence-corrected chi connectivity index (χ0v) is 8.41. The van der Waals surface area contributed by atoms with Crippen LogP contribution in [0.2, 0.25) is 0 Å². The van der Waals surface area contributed by atoms with Gasteiger partial charge in [-0.05, 0) is 18.3 Å². The van der Waals surface area contributed by atoms with Crippen LogP contribution in [-0.2, 0) is 0 Å². The van der Waals surface area contributed by atoms with Crippen molar-refractivity contribution in [3.05, 3.63) is 0 Å². The Labute approximate surface area is 78.4 Å². The number of aliphatic hydroxyl groups excluding tert-OH is 1. The van der Waals surface area contributed by atoms with E-state index in [1.54, 1.807) is 0 Å². The molecule has 3 unspecified atom stereocenters. The SMILES string of the molecule is CC12C/C(=N\O)C(C)(C)C1C(O)C2. The zero-order valence-electron chi connectivity index (χ0n) is 8.41. The Morgan fingerprint density at radius 3 is 2.38 bits per heavy atom. The Morgan fingerprint density at radius 1 is 1.38 bits per heavy atom. The van der Waals surface area contributed by atoms with Crippen molar-refractivity contribution in [3.8, 4) is 0 Å². The van der Waals surface area contributed by atoms with Gasteiger partial charge in [-0.2, -0.15) is 0 Å². The van der Waals surface area contributed by atoms with Crippen LogP contribution in [0.1, 0.15) is 33.6 Å². The Balaban J connectivity index is 2.37. The van der Waals surface area contributed by atoms with Crippen LogP contribution >= 0.6 is 0 Å². The molecule has 2 fully saturated rings. The van der Waals surface area contributed by atoms with E-state index in [0.29, 0.717) is 0 Å². The standard InChI is InChI=1S/C10H17NO2/c1-9(2)7(11-13)5-10(3)4-6(12)8(9)10/h6,8,12-13H,4-5H2,1-3H3/b11-7+. The van der Waals surface area contributed by atoms with Crippen LogP contribution in [0.15, 0.2) is 5.16 Å². The van der Waals surface area contributed by atoms with Crippen LogP contribution < -0.4 is 0 Å². The number of rotatable bonds is 0. The van der Waals surface area contributed by atoms with Gasteiger partial charge in [-0.1, -0.05) is 25.9 Å². The van der Waals surface area contributed by atoms with Gasteiger partial charge in [0, 0.05) is 11.3 Å². The van der Waals surface area contributed by atoms with Gasteiger partial charge in [-0.3, -0.25) is 0 Å². The van der Waals surface area contributed by atoms with E-state index >= 15 is 0 Å². The minimum absolute atomic E-state index is 0.138. The lowest BCUT2D eigenvalue weighted by atomic mass is 9.56. The van der Waals surface area contributed by atoms with E-state index in [1.807, 2.05) is 0 Å². The summed E-state index contributed by atoms with van der Waals surface area (Å²) < 4.78 is 0. The molecule has 0 aromatic heterocycles. The number of hydrogen-bond acceptors (Lipinski definition) is 3. The van der Waals surface area contributed by atoms with Crippen LogP contribution in [-0.4, -0.2) is 22.1 Å². The normalized spacial score (nSPS) is 50.3. The molecule has 0 aromatic rings. The van der Waals surface area contributed by atoms with E-state index in [9.17, 15) is 5.11 Å². The van der Waals surface area contributed by atoms with Crippen LogP contribution in [0.25, 0.3) is 0 Å². The van der Waals surface area contributed by atoms with E-state index in [0.717, 1.165) is 18.6 Å². The number of nitrogens with zero attached hydrogens (tertiary/aromatic N) is 1. The largest absolute Gasteiger partial charge is 0.411 e. The van der Waals surface area contributed by atoms with Crippen LogP contribution in [0.3, 0.4) is 0 Å². The third kappa shape index (κ3) is 0.909. The summed E-state index contributed by atoms with van der Waals surface area (Å²) in [6, 6.07) is 0. The van der Waals surface area contributed by atoms with Gasteiger partial charge < -0.3 is 10.3 Å². The molecule has 3 nitrogen and oxygen atoms in total. The van der Waals surface area contributed by atoms with Gasteiger partial charge in [0.15, 0.2) is 0 Å². The van der Waals surface area contributed by atoms with Crippen molar-refractivity contribution in [2.75, 3.05) is 0 Å². The van der Waals surface area contributed by atoms with Crippen LogP contribution in [0.4, 0.5) is 0 Å². The lowest BCUT2D eigenvalue weighted by Gasteiger charge is -2.50. The maximum Gasteiger partial charge on any atom is 0.0636 e. The molecule has 0 aromatic carbocycles. The molecular formula is C10H17NO2. The zero-order chi connectivity index (χ0) is 9.85. The molecule has 0 aliphatic heterocycles. The monoisotopic (exact) mass is 183 g/mol. The molecule has 0 amide bonds. The molecule has 0 spiro atoms. The average molecular weight is 183 g/mol. The lowest BCUT2D eigenvalue weighted by molar-refractivity contribution is -0.111. The van der Waals surface area contributed by atoms with E-state index in [-0.39, 0.29) is 22.9 Å². The summed E-state index contributed by atoms with van der Waals surface area (Å²) in [7, 11) is 0. The second-order valence-corrected chi connectivity index (χ2v) is 5.35. The maximum atomic E-state index is 9.70. The first-order chi connectivity index (χ1) is 5.92. The third-order valence-electron chi connectivity index (χ3n) is 4.02. The number of hydrogen-bond donors (Lipinski definition) is 2. The number of oxime groups is 1. The maximum absolute atomic E-state index is 9.70. The van der Waals surface area contributed by atoms with E-state index in [1.165, 1.54) is 0 Å².